The molecule has 0 radical (unpaired) electrons. The van der Waals surface area contributed by atoms with E-state index in [1.807, 2.05) is 13.8 Å². The lowest BCUT2D eigenvalue weighted by atomic mass is 10.0. The molecule has 2 aliphatic rings. The van der Waals surface area contributed by atoms with Gasteiger partial charge in [0.15, 0.2) is 5.65 Å². The minimum atomic E-state index is -4.52. The van der Waals surface area contributed by atoms with Crippen molar-refractivity contribution in [2.24, 2.45) is 0 Å². The summed E-state index contributed by atoms with van der Waals surface area (Å²) in [4.78, 5) is 21.1. The Morgan fingerprint density at radius 1 is 1.19 bits per heavy atom. The Balaban J connectivity index is 1.54. The SMILES string of the molecule is CC(C)c1cc(C(F)(F)F)n2nc(C3CCN(C(=O)C=C4CCN(C)CC4)C3)cc2n1. The standard InChI is InChI=1S/C22H28F3N5O/c1-14(2)17-11-19(22(23,24)25)30-20(26-17)12-18(27-30)16-6-9-29(13-16)21(31)10-15-4-7-28(3)8-5-15/h10-12,14,16H,4-9,13H2,1-3H3. The first-order valence-electron chi connectivity index (χ1n) is 10.8. The number of alkyl halides is 3. The number of piperidine rings is 1. The molecular formula is C22H28F3N5O. The van der Waals surface area contributed by atoms with E-state index in [1.54, 1.807) is 17.0 Å². The van der Waals surface area contributed by atoms with Gasteiger partial charge in [0, 0.05) is 49.9 Å². The van der Waals surface area contributed by atoms with Crippen LogP contribution < -0.4 is 0 Å². The van der Waals surface area contributed by atoms with Crippen molar-refractivity contribution in [2.45, 2.75) is 51.1 Å². The molecule has 2 fully saturated rings. The number of likely N-dealkylation sites (tertiary alicyclic amines) is 2. The zero-order chi connectivity index (χ0) is 22.3. The van der Waals surface area contributed by atoms with E-state index in [0.717, 1.165) is 36.5 Å². The number of amides is 1. The molecule has 1 unspecified atom stereocenters. The molecule has 0 bridgehead atoms. The number of rotatable bonds is 3. The number of aromatic nitrogens is 3. The van der Waals surface area contributed by atoms with Crippen molar-refractivity contribution in [1.29, 1.82) is 0 Å². The van der Waals surface area contributed by atoms with Gasteiger partial charge in [-0.1, -0.05) is 19.4 Å². The van der Waals surface area contributed by atoms with Crippen molar-refractivity contribution in [1.82, 2.24) is 24.4 Å². The summed E-state index contributed by atoms with van der Waals surface area (Å²) in [6.07, 6.45) is -0.296. The fourth-order valence-electron chi connectivity index (χ4n) is 4.23. The van der Waals surface area contributed by atoms with Crippen molar-refractivity contribution in [2.75, 3.05) is 33.2 Å². The molecule has 4 heterocycles. The molecule has 4 rings (SSSR count). The van der Waals surface area contributed by atoms with Crippen LogP contribution in [0.1, 0.15) is 62.0 Å². The highest BCUT2D eigenvalue weighted by atomic mass is 19.4. The number of fused-ring (bicyclic) bond motifs is 1. The van der Waals surface area contributed by atoms with E-state index in [1.165, 1.54) is 5.57 Å². The number of hydrogen-bond acceptors (Lipinski definition) is 4. The summed E-state index contributed by atoms with van der Waals surface area (Å²) in [6.45, 7) is 6.58. The molecular weight excluding hydrogens is 407 g/mol. The van der Waals surface area contributed by atoms with E-state index in [0.29, 0.717) is 30.9 Å². The minimum Gasteiger partial charge on any atom is -0.338 e. The zero-order valence-corrected chi connectivity index (χ0v) is 18.1. The zero-order valence-electron chi connectivity index (χ0n) is 18.1. The maximum absolute atomic E-state index is 13.6. The van der Waals surface area contributed by atoms with Crippen LogP contribution in [-0.4, -0.2) is 63.5 Å². The summed E-state index contributed by atoms with van der Waals surface area (Å²) in [5.74, 6) is -0.233. The van der Waals surface area contributed by atoms with Crippen molar-refractivity contribution >= 4 is 11.6 Å². The summed E-state index contributed by atoms with van der Waals surface area (Å²) < 4.78 is 41.7. The third-order valence-electron chi connectivity index (χ3n) is 6.22. The normalized spacial score (nSPS) is 20.8. The molecule has 1 amide bonds. The Kier molecular flexibility index (Phi) is 5.81. The molecule has 0 spiro atoms. The highest BCUT2D eigenvalue weighted by Gasteiger charge is 2.36. The van der Waals surface area contributed by atoms with E-state index in [9.17, 15) is 18.0 Å². The second-order valence-electron chi connectivity index (χ2n) is 8.93. The third-order valence-corrected chi connectivity index (χ3v) is 6.22. The van der Waals surface area contributed by atoms with Crippen molar-refractivity contribution in [3.8, 4) is 0 Å². The van der Waals surface area contributed by atoms with Crippen LogP contribution >= 0.6 is 0 Å². The number of halogens is 3. The van der Waals surface area contributed by atoms with Gasteiger partial charge in [-0.15, -0.1) is 0 Å². The van der Waals surface area contributed by atoms with Gasteiger partial charge < -0.3 is 9.80 Å². The van der Waals surface area contributed by atoms with Crippen LogP contribution in [-0.2, 0) is 11.0 Å². The van der Waals surface area contributed by atoms with Crippen LogP contribution in [0.2, 0.25) is 0 Å². The molecule has 6 nitrogen and oxygen atoms in total. The average Bonchev–Trinajstić information content (AvgIpc) is 3.35. The fraction of sp³-hybridized carbons (Fsp3) is 0.591. The molecule has 0 aliphatic carbocycles. The van der Waals surface area contributed by atoms with Crippen LogP contribution in [0.5, 0.6) is 0 Å². The molecule has 0 N–H and O–H groups in total. The Bertz CT molecular complexity index is 1000. The van der Waals surface area contributed by atoms with Crippen molar-refractivity contribution in [3.05, 3.63) is 40.9 Å². The van der Waals surface area contributed by atoms with Gasteiger partial charge in [0.05, 0.1) is 5.69 Å². The smallest absolute Gasteiger partial charge is 0.338 e. The summed E-state index contributed by atoms with van der Waals surface area (Å²) in [5, 5.41) is 4.25. The van der Waals surface area contributed by atoms with E-state index >= 15 is 0 Å². The minimum absolute atomic E-state index is 0.0120. The van der Waals surface area contributed by atoms with E-state index < -0.39 is 11.9 Å². The molecule has 9 heteroatoms. The third kappa shape index (κ3) is 4.61. The summed E-state index contributed by atoms with van der Waals surface area (Å²) in [5.41, 5.74) is 1.50. The second-order valence-corrected chi connectivity index (χ2v) is 8.93. The van der Waals surface area contributed by atoms with E-state index in [-0.39, 0.29) is 23.4 Å². The molecule has 0 aromatic carbocycles. The topological polar surface area (TPSA) is 53.7 Å². The van der Waals surface area contributed by atoms with Crippen LogP contribution in [0.25, 0.3) is 5.65 Å². The first-order chi connectivity index (χ1) is 14.6. The summed E-state index contributed by atoms with van der Waals surface area (Å²) in [6, 6.07) is 2.71. The van der Waals surface area contributed by atoms with Gasteiger partial charge in [-0.3, -0.25) is 4.79 Å². The Morgan fingerprint density at radius 3 is 2.55 bits per heavy atom. The second kappa shape index (κ2) is 8.26. The molecule has 31 heavy (non-hydrogen) atoms. The maximum Gasteiger partial charge on any atom is 0.433 e. The molecule has 2 aromatic rings. The van der Waals surface area contributed by atoms with Crippen LogP contribution in [0.4, 0.5) is 13.2 Å². The van der Waals surface area contributed by atoms with Gasteiger partial charge in [0.25, 0.3) is 0 Å². The molecule has 1 atom stereocenters. The number of hydrogen-bond donors (Lipinski definition) is 0. The lowest BCUT2D eigenvalue weighted by Gasteiger charge is -2.24. The molecule has 0 saturated carbocycles. The van der Waals surface area contributed by atoms with Gasteiger partial charge in [0.1, 0.15) is 5.69 Å². The monoisotopic (exact) mass is 435 g/mol. The van der Waals surface area contributed by atoms with Crippen LogP contribution in [0.3, 0.4) is 0 Å². The van der Waals surface area contributed by atoms with Crippen molar-refractivity contribution < 1.29 is 18.0 Å². The van der Waals surface area contributed by atoms with Crippen molar-refractivity contribution in [3.63, 3.8) is 0 Å². The highest BCUT2D eigenvalue weighted by molar-refractivity contribution is 5.88. The maximum atomic E-state index is 13.6. The number of carbonyl (C=O) groups is 1. The number of nitrogens with zero attached hydrogens (tertiary/aromatic N) is 5. The highest BCUT2D eigenvalue weighted by Crippen LogP contribution is 2.33. The molecule has 2 aliphatic heterocycles. The van der Waals surface area contributed by atoms with E-state index in [2.05, 4.69) is 22.0 Å². The van der Waals surface area contributed by atoms with Gasteiger partial charge in [-0.25, -0.2) is 9.50 Å². The van der Waals surface area contributed by atoms with Gasteiger partial charge in [-0.05, 0) is 38.3 Å². The first-order valence-corrected chi connectivity index (χ1v) is 10.8. The molecule has 2 aromatic heterocycles. The number of carbonyl (C=O) groups excluding carboxylic acids is 1. The Hall–Kier alpha value is -2.42. The average molecular weight is 435 g/mol. The summed E-state index contributed by atoms with van der Waals surface area (Å²) >= 11 is 0. The first kappa shape index (κ1) is 21.8. The van der Waals surface area contributed by atoms with Gasteiger partial charge in [0.2, 0.25) is 5.91 Å². The lowest BCUT2D eigenvalue weighted by Crippen LogP contribution is -2.29. The fourth-order valence-corrected chi connectivity index (χ4v) is 4.23. The predicted octanol–water partition coefficient (Wildman–Crippen LogP) is 3.84. The van der Waals surface area contributed by atoms with Gasteiger partial charge in [-0.2, -0.15) is 18.3 Å². The van der Waals surface area contributed by atoms with Crippen LogP contribution in [0.15, 0.2) is 23.8 Å². The predicted molar refractivity (Wildman–Crippen MR) is 111 cm³/mol. The summed E-state index contributed by atoms with van der Waals surface area (Å²) in [7, 11) is 2.07. The largest absolute Gasteiger partial charge is 0.433 e. The Labute approximate surface area is 179 Å². The van der Waals surface area contributed by atoms with Crippen LogP contribution in [0, 0.1) is 0 Å². The van der Waals surface area contributed by atoms with Gasteiger partial charge >= 0.3 is 6.18 Å². The quantitative estimate of drug-likeness (QED) is 0.688. The Morgan fingerprint density at radius 2 is 1.90 bits per heavy atom. The lowest BCUT2D eigenvalue weighted by molar-refractivity contribution is -0.142. The molecule has 2 saturated heterocycles. The molecule has 168 valence electrons. The van der Waals surface area contributed by atoms with E-state index in [4.69, 9.17) is 0 Å².